The maximum atomic E-state index is 12.1. The topological polar surface area (TPSA) is 89.6 Å². The van der Waals surface area contributed by atoms with Crippen LogP contribution in [0.25, 0.3) is 0 Å². The number of carbonyl (C=O) groups is 1. The van der Waals surface area contributed by atoms with Crippen LogP contribution in [0.3, 0.4) is 0 Å². The molecule has 0 aliphatic heterocycles. The predicted molar refractivity (Wildman–Crippen MR) is 81.1 cm³/mol. The zero-order valence-electron chi connectivity index (χ0n) is 12.4. The first-order chi connectivity index (χ1) is 10.6. The van der Waals surface area contributed by atoms with E-state index < -0.39 is 5.91 Å². The third-order valence-corrected chi connectivity index (χ3v) is 2.98. The number of amides is 1. The number of ether oxygens (including phenoxy) is 3. The number of aromatic nitrogens is 1. The highest BCUT2D eigenvalue weighted by Gasteiger charge is 2.11. The van der Waals surface area contributed by atoms with Gasteiger partial charge < -0.3 is 24.5 Å². The van der Waals surface area contributed by atoms with Gasteiger partial charge in [0.2, 0.25) is 5.43 Å². The van der Waals surface area contributed by atoms with E-state index in [1.165, 1.54) is 33.6 Å². The van der Waals surface area contributed by atoms with E-state index in [0.717, 1.165) is 0 Å². The first kappa shape index (κ1) is 15.4. The number of aromatic amines is 1. The normalized spacial score (nSPS) is 9.95. The molecule has 7 nitrogen and oxygen atoms in total. The smallest absolute Gasteiger partial charge is 0.272 e. The number of carbonyl (C=O) groups excluding carboxylic acids is 1. The van der Waals surface area contributed by atoms with Crippen LogP contribution in [0, 0.1) is 0 Å². The lowest BCUT2D eigenvalue weighted by Crippen LogP contribution is -2.17. The van der Waals surface area contributed by atoms with Gasteiger partial charge in [0, 0.05) is 24.0 Å². The van der Waals surface area contributed by atoms with E-state index >= 15 is 0 Å². The van der Waals surface area contributed by atoms with E-state index in [0.29, 0.717) is 17.2 Å². The number of methoxy groups -OCH3 is 3. The summed E-state index contributed by atoms with van der Waals surface area (Å²) in [6.07, 6.45) is 1.34. The lowest BCUT2D eigenvalue weighted by atomic mass is 10.2. The minimum absolute atomic E-state index is 0.126. The highest BCUT2D eigenvalue weighted by atomic mass is 16.5. The fourth-order valence-electron chi connectivity index (χ4n) is 1.86. The van der Waals surface area contributed by atoms with Crippen molar-refractivity contribution in [3.63, 3.8) is 0 Å². The summed E-state index contributed by atoms with van der Waals surface area (Å²) >= 11 is 0. The lowest BCUT2D eigenvalue weighted by Gasteiger charge is -2.10. The number of anilines is 1. The first-order valence-corrected chi connectivity index (χ1v) is 6.39. The molecule has 116 valence electrons. The van der Waals surface area contributed by atoms with Crippen molar-refractivity contribution in [2.75, 3.05) is 26.6 Å². The molecule has 0 atom stereocenters. The van der Waals surface area contributed by atoms with Crippen LogP contribution >= 0.6 is 0 Å². The standard InChI is InChI=1S/C15H16N2O5/c1-20-12-5-4-9(6-13(12)21-2)17-15(19)10-7-11(18)14(22-3)8-16-10/h4-8H,1-3H3,(H,16,18)(H,17,19). The molecule has 1 amide bonds. The van der Waals surface area contributed by atoms with Crippen LogP contribution in [-0.2, 0) is 0 Å². The number of hydrogen-bond acceptors (Lipinski definition) is 5. The van der Waals surface area contributed by atoms with E-state index in [-0.39, 0.29) is 16.9 Å². The number of H-pyrrole nitrogens is 1. The second-order valence-electron chi connectivity index (χ2n) is 4.30. The molecule has 0 bridgehead atoms. The van der Waals surface area contributed by atoms with Crippen molar-refractivity contribution in [3.05, 3.63) is 46.4 Å². The van der Waals surface area contributed by atoms with Crippen LogP contribution < -0.4 is 25.0 Å². The van der Waals surface area contributed by atoms with E-state index in [9.17, 15) is 9.59 Å². The molecule has 0 aliphatic carbocycles. The Bertz CT molecular complexity index is 739. The Morgan fingerprint density at radius 2 is 1.68 bits per heavy atom. The molecule has 1 aromatic carbocycles. The number of pyridine rings is 1. The molecule has 0 radical (unpaired) electrons. The summed E-state index contributed by atoms with van der Waals surface area (Å²) in [4.78, 5) is 26.5. The van der Waals surface area contributed by atoms with E-state index in [1.807, 2.05) is 0 Å². The molecule has 0 aliphatic rings. The Morgan fingerprint density at radius 3 is 2.27 bits per heavy atom. The van der Waals surface area contributed by atoms with Gasteiger partial charge in [-0.15, -0.1) is 0 Å². The Hall–Kier alpha value is -2.96. The summed E-state index contributed by atoms with van der Waals surface area (Å²) in [6.45, 7) is 0. The van der Waals surface area contributed by atoms with Crippen LogP contribution in [0.5, 0.6) is 17.2 Å². The third kappa shape index (κ3) is 3.20. The van der Waals surface area contributed by atoms with Gasteiger partial charge in [-0.25, -0.2) is 0 Å². The zero-order valence-corrected chi connectivity index (χ0v) is 12.4. The summed E-state index contributed by atoms with van der Waals surface area (Å²) in [6, 6.07) is 6.14. The van der Waals surface area contributed by atoms with Crippen LogP contribution in [0.15, 0.2) is 35.3 Å². The van der Waals surface area contributed by atoms with Gasteiger partial charge in [0.25, 0.3) is 5.91 Å². The highest BCUT2D eigenvalue weighted by Crippen LogP contribution is 2.29. The molecular formula is C15H16N2O5. The fourth-order valence-corrected chi connectivity index (χ4v) is 1.86. The average Bonchev–Trinajstić information content (AvgIpc) is 2.54. The molecule has 0 saturated carbocycles. The minimum Gasteiger partial charge on any atom is -0.493 e. The second-order valence-corrected chi connectivity index (χ2v) is 4.30. The maximum absolute atomic E-state index is 12.1. The molecule has 0 fully saturated rings. The van der Waals surface area contributed by atoms with E-state index in [2.05, 4.69) is 10.3 Å². The van der Waals surface area contributed by atoms with Crippen molar-refractivity contribution in [3.8, 4) is 17.2 Å². The van der Waals surface area contributed by atoms with Crippen molar-refractivity contribution < 1.29 is 19.0 Å². The molecule has 2 N–H and O–H groups in total. The summed E-state index contributed by atoms with van der Waals surface area (Å²) in [5.41, 5.74) is 0.263. The van der Waals surface area contributed by atoms with Gasteiger partial charge in [-0.05, 0) is 12.1 Å². The summed E-state index contributed by atoms with van der Waals surface area (Å²) in [5.74, 6) is 0.733. The number of rotatable bonds is 5. The van der Waals surface area contributed by atoms with Gasteiger partial charge >= 0.3 is 0 Å². The van der Waals surface area contributed by atoms with Gasteiger partial charge in [-0.2, -0.15) is 0 Å². The number of hydrogen-bond donors (Lipinski definition) is 2. The molecule has 2 aromatic rings. The molecule has 1 heterocycles. The van der Waals surface area contributed by atoms with Crippen LogP contribution in [0.4, 0.5) is 5.69 Å². The van der Waals surface area contributed by atoms with Crippen molar-refractivity contribution in [1.29, 1.82) is 0 Å². The van der Waals surface area contributed by atoms with Gasteiger partial charge in [-0.3, -0.25) is 9.59 Å². The highest BCUT2D eigenvalue weighted by molar-refractivity contribution is 6.03. The van der Waals surface area contributed by atoms with Crippen LogP contribution in [0.2, 0.25) is 0 Å². The van der Waals surface area contributed by atoms with Crippen molar-refractivity contribution in [1.82, 2.24) is 4.98 Å². The second kappa shape index (κ2) is 6.66. The first-order valence-electron chi connectivity index (χ1n) is 6.39. The molecule has 1 aromatic heterocycles. The van der Waals surface area contributed by atoms with Crippen molar-refractivity contribution >= 4 is 11.6 Å². The van der Waals surface area contributed by atoms with Gasteiger partial charge in [0.15, 0.2) is 17.2 Å². The van der Waals surface area contributed by atoms with Crippen molar-refractivity contribution in [2.45, 2.75) is 0 Å². The SMILES string of the molecule is COc1ccc(NC(=O)c2cc(=O)c(OC)c[nH]2)cc1OC. The molecule has 0 unspecified atom stereocenters. The van der Waals surface area contributed by atoms with Gasteiger partial charge in [-0.1, -0.05) is 0 Å². The largest absolute Gasteiger partial charge is 0.493 e. The number of benzene rings is 1. The summed E-state index contributed by atoms with van der Waals surface area (Å²) in [5, 5.41) is 2.66. The lowest BCUT2D eigenvalue weighted by molar-refractivity contribution is 0.102. The third-order valence-electron chi connectivity index (χ3n) is 2.98. The van der Waals surface area contributed by atoms with Crippen molar-refractivity contribution in [2.24, 2.45) is 0 Å². The van der Waals surface area contributed by atoms with Gasteiger partial charge in [0.1, 0.15) is 5.69 Å². The zero-order chi connectivity index (χ0) is 16.1. The molecule has 0 saturated heterocycles. The summed E-state index contributed by atoms with van der Waals surface area (Å²) < 4.78 is 15.1. The molecule has 22 heavy (non-hydrogen) atoms. The molecule has 7 heteroatoms. The van der Waals surface area contributed by atoms with Gasteiger partial charge in [0.05, 0.1) is 21.3 Å². The predicted octanol–water partition coefficient (Wildman–Crippen LogP) is 1.65. The Balaban J connectivity index is 2.21. The number of nitrogens with one attached hydrogen (secondary N) is 2. The fraction of sp³-hybridized carbons (Fsp3) is 0.200. The summed E-state index contributed by atoms with van der Waals surface area (Å²) in [7, 11) is 4.41. The van der Waals surface area contributed by atoms with E-state index in [1.54, 1.807) is 18.2 Å². The maximum Gasteiger partial charge on any atom is 0.272 e. The molecule has 2 rings (SSSR count). The van der Waals surface area contributed by atoms with Crippen LogP contribution in [-0.4, -0.2) is 32.2 Å². The molecular weight excluding hydrogens is 288 g/mol. The quantitative estimate of drug-likeness (QED) is 0.876. The Labute approximate surface area is 126 Å². The Kier molecular flexibility index (Phi) is 4.67. The Morgan fingerprint density at radius 1 is 1.00 bits per heavy atom. The monoisotopic (exact) mass is 304 g/mol. The van der Waals surface area contributed by atoms with E-state index in [4.69, 9.17) is 14.2 Å². The minimum atomic E-state index is -0.452. The molecule has 0 spiro atoms. The average molecular weight is 304 g/mol. The van der Waals surface area contributed by atoms with Crippen LogP contribution in [0.1, 0.15) is 10.5 Å².